The van der Waals surface area contributed by atoms with Crippen molar-refractivity contribution >= 4 is 11.7 Å². The average Bonchev–Trinajstić information content (AvgIpc) is 2.74. The maximum atomic E-state index is 12.2. The Kier molecular flexibility index (Phi) is 6.64. The number of carbonyl (C=O) groups is 2. The second-order valence-electron chi connectivity index (χ2n) is 7.08. The first kappa shape index (κ1) is 20.6. The zero-order valence-corrected chi connectivity index (χ0v) is 16.5. The number of ether oxygens (including phenoxy) is 1. The van der Waals surface area contributed by atoms with Gasteiger partial charge in [0, 0.05) is 29.8 Å². The minimum Gasteiger partial charge on any atom is -0.497 e. The third-order valence-electron chi connectivity index (χ3n) is 5.15. The molecule has 2 aromatic rings. The van der Waals surface area contributed by atoms with Crippen molar-refractivity contribution in [2.24, 2.45) is 0 Å². The molecule has 1 aromatic carbocycles. The summed E-state index contributed by atoms with van der Waals surface area (Å²) in [6.45, 7) is 0.275. The summed E-state index contributed by atoms with van der Waals surface area (Å²) in [5, 5.41) is 2.62. The Morgan fingerprint density at radius 1 is 1.14 bits per heavy atom. The fourth-order valence-corrected chi connectivity index (χ4v) is 3.57. The number of H-pyrrole nitrogens is 1. The Balaban J connectivity index is 1.51. The molecule has 0 saturated carbocycles. The lowest BCUT2D eigenvalue weighted by molar-refractivity contribution is -0.121. The number of hydrogen-bond donors (Lipinski definition) is 2. The molecule has 0 radical (unpaired) electrons. The van der Waals surface area contributed by atoms with Crippen LogP contribution in [0.15, 0.2) is 33.9 Å². The molecule has 0 unspecified atom stereocenters. The van der Waals surface area contributed by atoms with Crippen LogP contribution in [0, 0.1) is 0 Å². The van der Waals surface area contributed by atoms with E-state index in [0.29, 0.717) is 42.7 Å². The van der Waals surface area contributed by atoms with E-state index in [9.17, 15) is 19.2 Å². The molecule has 154 valence electrons. The van der Waals surface area contributed by atoms with E-state index in [1.807, 2.05) is 0 Å². The first-order valence-electron chi connectivity index (χ1n) is 9.78. The minimum atomic E-state index is -0.425. The number of aromatic nitrogens is 2. The largest absolute Gasteiger partial charge is 0.497 e. The Hall–Kier alpha value is -3.16. The van der Waals surface area contributed by atoms with Crippen molar-refractivity contribution in [3.8, 4) is 5.75 Å². The summed E-state index contributed by atoms with van der Waals surface area (Å²) in [5.41, 5.74) is 1.25. The van der Waals surface area contributed by atoms with Crippen LogP contribution in [-0.4, -0.2) is 34.9 Å². The molecular weight excluding hydrogens is 374 g/mol. The fraction of sp³-hybridized carbons (Fsp3) is 0.429. The highest BCUT2D eigenvalue weighted by Gasteiger charge is 2.18. The third kappa shape index (κ3) is 5.01. The Bertz CT molecular complexity index is 1000. The molecule has 0 aliphatic heterocycles. The predicted molar refractivity (Wildman–Crippen MR) is 108 cm³/mol. The molecule has 1 aliphatic rings. The van der Waals surface area contributed by atoms with Crippen LogP contribution < -0.4 is 21.3 Å². The summed E-state index contributed by atoms with van der Waals surface area (Å²) in [4.78, 5) is 50.7. The average molecular weight is 399 g/mol. The van der Waals surface area contributed by atoms with E-state index in [1.54, 1.807) is 35.9 Å². The predicted octanol–water partition coefficient (Wildman–Crippen LogP) is 1.20. The van der Waals surface area contributed by atoms with Crippen LogP contribution >= 0.6 is 0 Å². The van der Waals surface area contributed by atoms with Gasteiger partial charge in [0.25, 0.3) is 5.56 Å². The zero-order chi connectivity index (χ0) is 20.8. The van der Waals surface area contributed by atoms with Crippen molar-refractivity contribution < 1.29 is 14.3 Å². The maximum Gasteiger partial charge on any atom is 0.328 e. The van der Waals surface area contributed by atoms with Gasteiger partial charge in [0.05, 0.1) is 13.7 Å². The third-order valence-corrected chi connectivity index (χ3v) is 5.15. The van der Waals surface area contributed by atoms with Gasteiger partial charge in [-0.25, -0.2) is 4.79 Å². The molecule has 0 bridgehead atoms. The second-order valence-corrected chi connectivity index (χ2v) is 7.08. The van der Waals surface area contributed by atoms with Gasteiger partial charge in [-0.05, 0) is 56.4 Å². The van der Waals surface area contributed by atoms with Crippen molar-refractivity contribution in [3.05, 3.63) is 61.9 Å². The van der Waals surface area contributed by atoms with Gasteiger partial charge in [-0.1, -0.05) is 0 Å². The minimum absolute atomic E-state index is 0.0842. The van der Waals surface area contributed by atoms with E-state index in [4.69, 9.17) is 4.74 Å². The molecule has 0 saturated heterocycles. The van der Waals surface area contributed by atoms with E-state index < -0.39 is 5.69 Å². The first-order valence-corrected chi connectivity index (χ1v) is 9.78. The number of methoxy groups -OCH3 is 1. The lowest BCUT2D eigenvalue weighted by Crippen LogP contribution is -2.37. The van der Waals surface area contributed by atoms with Crippen molar-refractivity contribution in [2.75, 3.05) is 13.7 Å². The van der Waals surface area contributed by atoms with Crippen LogP contribution in [0.25, 0.3) is 0 Å². The van der Waals surface area contributed by atoms with Gasteiger partial charge in [-0.2, -0.15) is 0 Å². The molecular formula is C21H25N3O5. The van der Waals surface area contributed by atoms with Gasteiger partial charge in [-0.15, -0.1) is 0 Å². The van der Waals surface area contributed by atoms with E-state index in [1.165, 1.54) is 0 Å². The van der Waals surface area contributed by atoms with Crippen molar-refractivity contribution in [2.45, 2.75) is 45.1 Å². The Morgan fingerprint density at radius 3 is 2.59 bits per heavy atom. The second kappa shape index (κ2) is 9.36. The van der Waals surface area contributed by atoms with Crippen LogP contribution in [0.4, 0.5) is 0 Å². The maximum absolute atomic E-state index is 12.2. The molecule has 0 atom stereocenters. The molecule has 0 fully saturated rings. The number of benzene rings is 1. The van der Waals surface area contributed by atoms with Crippen molar-refractivity contribution in [3.63, 3.8) is 0 Å². The van der Waals surface area contributed by atoms with Crippen LogP contribution in [0.2, 0.25) is 0 Å². The van der Waals surface area contributed by atoms with E-state index >= 15 is 0 Å². The Labute approximate surface area is 167 Å². The van der Waals surface area contributed by atoms with Crippen LogP contribution in [0.5, 0.6) is 5.75 Å². The number of ketones is 1. The number of rotatable bonds is 8. The van der Waals surface area contributed by atoms with Gasteiger partial charge in [0.1, 0.15) is 5.75 Å². The molecule has 1 amide bonds. The van der Waals surface area contributed by atoms with E-state index in [0.717, 1.165) is 18.5 Å². The number of Topliss-reactive ketones (excluding diaryl/α,β-unsaturated/α-hetero) is 1. The lowest BCUT2D eigenvalue weighted by Gasteiger charge is -2.19. The first-order chi connectivity index (χ1) is 14.0. The van der Waals surface area contributed by atoms with Crippen molar-refractivity contribution in [1.82, 2.24) is 14.9 Å². The number of aromatic amines is 1. The number of fused-ring (bicyclic) bond motifs is 1. The highest BCUT2D eigenvalue weighted by molar-refractivity contribution is 5.99. The SMILES string of the molecule is COc1ccc(C(=O)CNC(=O)CCCn2c3c(c(=O)[nH]c2=O)CCCC3)cc1. The van der Waals surface area contributed by atoms with Gasteiger partial charge < -0.3 is 10.1 Å². The van der Waals surface area contributed by atoms with Gasteiger partial charge in [0.15, 0.2) is 5.78 Å². The summed E-state index contributed by atoms with van der Waals surface area (Å²) in [5.74, 6) is 0.218. The number of nitrogens with zero attached hydrogens (tertiary/aromatic N) is 1. The van der Waals surface area contributed by atoms with Gasteiger partial charge >= 0.3 is 5.69 Å². The zero-order valence-electron chi connectivity index (χ0n) is 16.5. The molecule has 29 heavy (non-hydrogen) atoms. The standard InChI is InChI=1S/C21H25N3O5/c1-29-15-10-8-14(9-11-15)18(25)13-22-19(26)7-4-12-24-17-6-3-2-5-16(17)20(27)23-21(24)28/h8-11H,2-7,12-13H2,1H3,(H,22,26)(H,23,27,28). The molecule has 0 spiro atoms. The van der Waals surface area contributed by atoms with E-state index in [2.05, 4.69) is 10.3 Å². The number of nitrogens with one attached hydrogen (secondary N) is 2. The summed E-state index contributed by atoms with van der Waals surface area (Å²) >= 11 is 0. The molecule has 2 N–H and O–H groups in total. The van der Waals surface area contributed by atoms with Gasteiger partial charge in [-0.3, -0.25) is 23.9 Å². The van der Waals surface area contributed by atoms with Gasteiger partial charge in [0.2, 0.25) is 5.91 Å². The topological polar surface area (TPSA) is 110 Å². The number of carbonyl (C=O) groups excluding carboxylic acids is 2. The van der Waals surface area contributed by atoms with E-state index in [-0.39, 0.29) is 30.2 Å². The smallest absolute Gasteiger partial charge is 0.328 e. The quantitative estimate of drug-likeness (QED) is 0.648. The molecule has 1 heterocycles. The monoisotopic (exact) mass is 399 g/mol. The molecule has 8 nitrogen and oxygen atoms in total. The Morgan fingerprint density at radius 2 is 1.86 bits per heavy atom. The molecule has 3 rings (SSSR count). The van der Waals surface area contributed by atoms with Crippen LogP contribution in [0.3, 0.4) is 0 Å². The molecule has 1 aromatic heterocycles. The normalized spacial score (nSPS) is 12.9. The van der Waals surface area contributed by atoms with Crippen LogP contribution in [0.1, 0.15) is 47.3 Å². The fourth-order valence-electron chi connectivity index (χ4n) is 3.57. The highest BCUT2D eigenvalue weighted by atomic mass is 16.5. The summed E-state index contributed by atoms with van der Waals surface area (Å²) in [6.07, 6.45) is 3.91. The number of amides is 1. The molecule has 8 heteroatoms. The summed E-state index contributed by atoms with van der Waals surface area (Å²) in [6, 6.07) is 6.69. The highest BCUT2D eigenvalue weighted by Crippen LogP contribution is 2.17. The molecule has 1 aliphatic carbocycles. The summed E-state index contributed by atoms with van der Waals surface area (Å²) < 4.78 is 6.63. The number of hydrogen-bond acceptors (Lipinski definition) is 5. The van der Waals surface area contributed by atoms with Crippen molar-refractivity contribution in [1.29, 1.82) is 0 Å². The van der Waals surface area contributed by atoms with Crippen LogP contribution in [-0.2, 0) is 24.2 Å². The summed E-state index contributed by atoms with van der Waals surface area (Å²) in [7, 11) is 1.55. The lowest BCUT2D eigenvalue weighted by atomic mass is 9.97.